The number of aromatic nitrogens is 3. The zero-order valence-electron chi connectivity index (χ0n) is 15.2. The molecule has 0 spiro atoms. The van der Waals surface area contributed by atoms with E-state index in [2.05, 4.69) is 15.4 Å². The monoisotopic (exact) mass is 366 g/mol. The summed E-state index contributed by atoms with van der Waals surface area (Å²) in [6.07, 6.45) is 2.88. The molecule has 1 heterocycles. The van der Waals surface area contributed by atoms with Crippen molar-refractivity contribution in [3.05, 3.63) is 71.6 Å². The molecule has 2 aromatic carbocycles. The number of carbonyl (C=O) groups is 1. The first kappa shape index (κ1) is 18.3. The van der Waals surface area contributed by atoms with Crippen molar-refractivity contribution in [2.75, 3.05) is 12.4 Å². The normalized spacial score (nSPS) is 11.0. The number of hydrogen-bond donors (Lipinski definition) is 1. The third-order valence-electron chi connectivity index (χ3n) is 3.87. The highest BCUT2D eigenvalue weighted by atomic mass is 19.1. The highest BCUT2D eigenvalue weighted by molar-refractivity contribution is 6.03. The minimum absolute atomic E-state index is 0.157. The molecule has 1 N–H and O–H groups in total. The van der Waals surface area contributed by atoms with Crippen LogP contribution in [0.4, 0.5) is 10.1 Å². The van der Waals surface area contributed by atoms with Crippen LogP contribution in [-0.2, 0) is 4.79 Å². The van der Waals surface area contributed by atoms with Crippen LogP contribution in [0.3, 0.4) is 0 Å². The standard InChI is InChI=1S/C20H19FN4O2/c1-13-22-14(2)25(24-13)18-7-5-4-6-17(18)23-20(26)11-9-15-8-10-19(27-3)16(21)12-15/h4-12H,1-3H3,(H,23,26)/b11-9+. The van der Waals surface area contributed by atoms with Gasteiger partial charge in [-0.1, -0.05) is 18.2 Å². The summed E-state index contributed by atoms with van der Waals surface area (Å²) in [6.45, 7) is 3.65. The number of para-hydroxylation sites is 2. The Morgan fingerprint density at radius 3 is 2.67 bits per heavy atom. The number of amides is 1. The first-order chi connectivity index (χ1) is 13.0. The number of nitrogens with one attached hydrogen (secondary N) is 1. The molecule has 3 rings (SSSR count). The van der Waals surface area contributed by atoms with E-state index in [1.54, 1.807) is 23.7 Å². The number of aryl methyl sites for hydroxylation is 2. The lowest BCUT2D eigenvalue weighted by molar-refractivity contribution is -0.111. The van der Waals surface area contributed by atoms with E-state index in [9.17, 15) is 9.18 Å². The van der Waals surface area contributed by atoms with Gasteiger partial charge in [0.1, 0.15) is 11.6 Å². The molecule has 1 amide bonds. The van der Waals surface area contributed by atoms with Gasteiger partial charge in [0.25, 0.3) is 0 Å². The summed E-state index contributed by atoms with van der Waals surface area (Å²) < 4.78 is 20.3. The molecule has 0 atom stereocenters. The smallest absolute Gasteiger partial charge is 0.248 e. The van der Waals surface area contributed by atoms with Gasteiger partial charge in [0, 0.05) is 6.08 Å². The van der Waals surface area contributed by atoms with E-state index in [0.717, 1.165) is 5.82 Å². The van der Waals surface area contributed by atoms with Gasteiger partial charge in [-0.2, -0.15) is 5.10 Å². The van der Waals surface area contributed by atoms with Gasteiger partial charge >= 0.3 is 0 Å². The molecule has 0 aliphatic heterocycles. The summed E-state index contributed by atoms with van der Waals surface area (Å²) in [5, 5.41) is 7.17. The maximum atomic E-state index is 13.7. The van der Waals surface area contributed by atoms with E-state index in [1.165, 1.54) is 31.4 Å². The fourth-order valence-corrected chi connectivity index (χ4v) is 2.65. The van der Waals surface area contributed by atoms with Crippen LogP contribution in [0.15, 0.2) is 48.5 Å². The van der Waals surface area contributed by atoms with Gasteiger partial charge in [0.05, 0.1) is 18.5 Å². The number of ether oxygens (including phenoxy) is 1. The Hall–Kier alpha value is -3.48. The average Bonchev–Trinajstić information content (AvgIpc) is 2.98. The summed E-state index contributed by atoms with van der Waals surface area (Å²) in [4.78, 5) is 16.6. The van der Waals surface area contributed by atoms with Gasteiger partial charge in [-0.3, -0.25) is 4.79 Å². The van der Waals surface area contributed by atoms with Crippen LogP contribution in [-0.4, -0.2) is 27.8 Å². The molecule has 3 aromatic rings. The number of halogens is 1. The van der Waals surface area contributed by atoms with Crippen molar-refractivity contribution in [1.29, 1.82) is 0 Å². The topological polar surface area (TPSA) is 69.0 Å². The van der Waals surface area contributed by atoms with Gasteiger partial charge in [-0.25, -0.2) is 14.1 Å². The summed E-state index contributed by atoms with van der Waals surface area (Å²) in [7, 11) is 1.40. The molecule has 0 aliphatic rings. The molecule has 27 heavy (non-hydrogen) atoms. The Morgan fingerprint density at radius 1 is 1.22 bits per heavy atom. The number of carbonyl (C=O) groups excluding carboxylic acids is 1. The SMILES string of the molecule is COc1ccc(/C=C/C(=O)Nc2ccccc2-n2nc(C)nc2C)cc1F. The maximum Gasteiger partial charge on any atom is 0.248 e. The van der Waals surface area contributed by atoms with Crippen LogP contribution in [0.1, 0.15) is 17.2 Å². The largest absolute Gasteiger partial charge is 0.494 e. The quantitative estimate of drug-likeness (QED) is 0.700. The van der Waals surface area contributed by atoms with Crippen LogP contribution in [0.2, 0.25) is 0 Å². The molecule has 7 heteroatoms. The van der Waals surface area contributed by atoms with Crippen LogP contribution in [0.25, 0.3) is 11.8 Å². The van der Waals surface area contributed by atoms with Crippen LogP contribution in [0, 0.1) is 19.7 Å². The zero-order valence-corrected chi connectivity index (χ0v) is 15.2. The first-order valence-electron chi connectivity index (χ1n) is 8.30. The molecule has 0 saturated heterocycles. The van der Waals surface area contributed by atoms with E-state index in [0.29, 0.717) is 22.8 Å². The Kier molecular flexibility index (Phi) is 5.30. The van der Waals surface area contributed by atoms with Gasteiger partial charge in [-0.05, 0) is 49.8 Å². The van der Waals surface area contributed by atoms with Gasteiger partial charge in [-0.15, -0.1) is 0 Å². The number of rotatable bonds is 5. The van der Waals surface area contributed by atoms with Crippen molar-refractivity contribution in [3.63, 3.8) is 0 Å². The van der Waals surface area contributed by atoms with Gasteiger partial charge < -0.3 is 10.1 Å². The molecule has 0 saturated carbocycles. The number of benzene rings is 2. The number of nitrogens with zero attached hydrogens (tertiary/aromatic N) is 3. The summed E-state index contributed by atoms with van der Waals surface area (Å²) in [5.41, 5.74) is 1.87. The van der Waals surface area contributed by atoms with Crippen molar-refractivity contribution < 1.29 is 13.9 Å². The zero-order chi connectivity index (χ0) is 19.4. The molecular weight excluding hydrogens is 347 g/mol. The average molecular weight is 366 g/mol. The Labute approximate surface area is 156 Å². The molecule has 0 bridgehead atoms. The van der Waals surface area contributed by atoms with E-state index in [1.807, 2.05) is 25.1 Å². The second-order valence-corrected chi connectivity index (χ2v) is 5.85. The lowest BCUT2D eigenvalue weighted by Crippen LogP contribution is -2.11. The lowest BCUT2D eigenvalue weighted by atomic mass is 10.2. The first-order valence-corrected chi connectivity index (χ1v) is 8.30. The summed E-state index contributed by atoms with van der Waals surface area (Å²) in [6, 6.07) is 11.8. The molecule has 0 aliphatic carbocycles. The van der Waals surface area contributed by atoms with Crippen molar-refractivity contribution in [3.8, 4) is 11.4 Å². The van der Waals surface area contributed by atoms with Gasteiger partial charge in [0.2, 0.25) is 5.91 Å². The van der Waals surface area contributed by atoms with E-state index in [-0.39, 0.29) is 11.7 Å². The Morgan fingerprint density at radius 2 is 2.00 bits per heavy atom. The number of hydrogen-bond acceptors (Lipinski definition) is 4. The predicted octanol–water partition coefficient (Wildman–Crippen LogP) is 3.68. The van der Waals surface area contributed by atoms with Crippen LogP contribution in [0.5, 0.6) is 5.75 Å². The fraction of sp³-hybridized carbons (Fsp3) is 0.150. The third kappa shape index (κ3) is 4.20. The number of anilines is 1. The van der Waals surface area contributed by atoms with Crippen LogP contribution >= 0.6 is 0 Å². The number of methoxy groups -OCH3 is 1. The second-order valence-electron chi connectivity index (χ2n) is 5.85. The van der Waals surface area contributed by atoms with Crippen molar-refractivity contribution in [1.82, 2.24) is 14.8 Å². The Bertz CT molecular complexity index is 1010. The van der Waals surface area contributed by atoms with E-state index >= 15 is 0 Å². The fourth-order valence-electron chi connectivity index (χ4n) is 2.65. The maximum absolute atomic E-state index is 13.7. The molecule has 0 fully saturated rings. The van der Waals surface area contributed by atoms with Crippen molar-refractivity contribution in [2.45, 2.75) is 13.8 Å². The predicted molar refractivity (Wildman–Crippen MR) is 101 cm³/mol. The molecule has 1 aromatic heterocycles. The van der Waals surface area contributed by atoms with Crippen molar-refractivity contribution >= 4 is 17.7 Å². The van der Waals surface area contributed by atoms with Gasteiger partial charge in [0.15, 0.2) is 11.6 Å². The molecule has 138 valence electrons. The Balaban J connectivity index is 1.79. The van der Waals surface area contributed by atoms with Crippen molar-refractivity contribution in [2.24, 2.45) is 0 Å². The summed E-state index contributed by atoms with van der Waals surface area (Å²) >= 11 is 0. The molecule has 6 nitrogen and oxygen atoms in total. The van der Waals surface area contributed by atoms with E-state index < -0.39 is 5.82 Å². The highest BCUT2D eigenvalue weighted by Crippen LogP contribution is 2.21. The van der Waals surface area contributed by atoms with E-state index in [4.69, 9.17) is 4.74 Å². The lowest BCUT2D eigenvalue weighted by Gasteiger charge is -2.10. The minimum atomic E-state index is -0.484. The second kappa shape index (κ2) is 7.82. The third-order valence-corrected chi connectivity index (χ3v) is 3.87. The minimum Gasteiger partial charge on any atom is -0.494 e. The molecule has 0 radical (unpaired) electrons. The van der Waals surface area contributed by atoms with Crippen LogP contribution < -0.4 is 10.1 Å². The molecular formula is C20H19FN4O2. The highest BCUT2D eigenvalue weighted by Gasteiger charge is 2.11. The summed E-state index contributed by atoms with van der Waals surface area (Å²) in [5.74, 6) is 0.702. The molecule has 0 unspecified atom stereocenters.